The number of ether oxygens (including phenoxy) is 3. The van der Waals surface area contributed by atoms with Crippen molar-refractivity contribution in [2.45, 2.75) is 6.54 Å². The molecule has 0 bridgehead atoms. The molecule has 2 heterocycles. The summed E-state index contributed by atoms with van der Waals surface area (Å²) in [5.41, 5.74) is 1.39. The van der Waals surface area contributed by atoms with E-state index in [1.807, 2.05) is 0 Å². The molecule has 9 heteroatoms. The van der Waals surface area contributed by atoms with Crippen LogP contribution in [0.3, 0.4) is 0 Å². The third-order valence-corrected chi connectivity index (χ3v) is 4.80. The lowest BCUT2D eigenvalue weighted by atomic mass is 10.1. The lowest BCUT2D eigenvalue weighted by Gasteiger charge is -2.27. The molecule has 0 unspecified atom stereocenters. The van der Waals surface area contributed by atoms with E-state index in [0.717, 1.165) is 5.56 Å². The Hall–Kier alpha value is -3.59. The maximum Gasteiger partial charge on any atom is 0.313 e. The van der Waals surface area contributed by atoms with Crippen molar-refractivity contribution in [2.24, 2.45) is 0 Å². The number of fused-ring (bicyclic) bond motifs is 1. The van der Waals surface area contributed by atoms with Crippen LogP contribution >= 0.6 is 0 Å². The van der Waals surface area contributed by atoms with Gasteiger partial charge in [0.05, 0.1) is 24.5 Å². The van der Waals surface area contributed by atoms with Crippen LogP contribution in [0.1, 0.15) is 15.9 Å². The zero-order valence-corrected chi connectivity index (χ0v) is 16.2. The van der Waals surface area contributed by atoms with Crippen LogP contribution in [-0.2, 0) is 20.9 Å². The second-order valence-electron chi connectivity index (χ2n) is 6.77. The molecule has 0 radical (unpaired) electrons. The van der Waals surface area contributed by atoms with Crippen LogP contribution in [0.5, 0.6) is 11.5 Å². The van der Waals surface area contributed by atoms with Crippen molar-refractivity contribution in [2.75, 3.05) is 38.4 Å². The molecule has 0 spiro atoms. The molecule has 2 aliphatic heterocycles. The molecule has 2 aromatic rings. The van der Waals surface area contributed by atoms with Crippen molar-refractivity contribution in [3.63, 3.8) is 0 Å². The van der Waals surface area contributed by atoms with Gasteiger partial charge in [0.15, 0.2) is 11.5 Å². The van der Waals surface area contributed by atoms with Crippen LogP contribution < -0.4 is 20.1 Å². The fourth-order valence-corrected chi connectivity index (χ4v) is 3.21. The Bertz CT molecular complexity index is 971. The second-order valence-corrected chi connectivity index (χ2v) is 6.77. The number of rotatable bonds is 4. The van der Waals surface area contributed by atoms with E-state index < -0.39 is 11.8 Å². The first-order valence-electron chi connectivity index (χ1n) is 9.55. The zero-order valence-electron chi connectivity index (χ0n) is 16.2. The van der Waals surface area contributed by atoms with Gasteiger partial charge in [-0.25, -0.2) is 0 Å². The summed E-state index contributed by atoms with van der Waals surface area (Å²) in [4.78, 5) is 39.0. The molecule has 0 aliphatic carbocycles. The minimum Gasteiger partial charge on any atom is -0.454 e. The quantitative estimate of drug-likeness (QED) is 0.731. The molecule has 3 amide bonds. The van der Waals surface area contributed by atoms with Gasteiger partial charge >= 0.3 is 11.8 Å². The van der Waals surface area contributed by atoms with Crippen LogP contribution in [-0.4, -0.2) is 55.7 Å². The Morgan fingerprint density at radius 3 is 2.53 bits per heavy atom. The molecule has 1 saturated heterocycles. The van der Waals surface area contributed by atoms with Crippen molar-refractivity contribution >= 4 is 23.4 Å². The molecule has 2 aromatic carbocycles. The van der Waals surface area contributed by atoms with Gasteiger partial charge in [0.2, 0.25) is 6.79 Å². The van der Waals surface area contributed by atoms with Gasteiger partial charge in [0.25, 0.3) is 5.91 Å². The molecule has 156 valence electrons. The molecule has 0 saturated carbocycles. The number of benzene rings is 2. The molecule has 9 nitrogen and oxygen atoms in total. The van der Waals surface area contributed by atoms with Crippen molar-refractivity contribution in [1.29, 1.82) is 0 Å². The Labute approximate surface area is 172 Å². The molecule has 4 rings (SSSR count). The van der Waals surface area contributed by atoms with Crippen LogP contribution in [0.15, 0.2) is 42.5 Å². The maximum absolute atomic E-state index is 12.8. The summed E-state index contributed by atoms with van der Waals surface area (Å²) in [7, 11) is 0. The highest BCUT2D eigenvalue weighted by Crippen LogP contribution is 2.32. The maximum atomic E-state index is 12.8. The Morgan fingerprint density at radius 1 is 0.933 bits per heavy atom. The summed E-state index contributed by atoms with van der Waals surface area (Å²) in [6.45, 7) is 2.23. The summed E-state index contributed by atoms with van der Waals surface area (Å²) in [6, 6.07) is 11.9. The predicted molar refractivity (Wildman–Crippen MR) is 106 cm³/mol. The smallest absolute Gasteiger partial charge is 0.313 e. The van der Waals surface area contributed by atoms with Gasteiger partial charge < -0.3 is 29.7 Å². The number of nitrogens with one attached hydrogen (secondary N) is 2. The van der Waals surface area contributed by atoms with Gasteiger partial charge in [-0.2, -0.15) is 0 Å². The number of anilines is 1. The lowest BCUT2D eigenvalue weighted by Crippen LogP contribution is -2.41. The first-order chi connectivity index (χ1) is 14.6. The van der Waals surface area contributed by atoms with E-state index in [-0.39, 0.29) is 24.9 Å². The summed E-state index contributed by atoms with van der Waals surface area (Å²) in [5.74, 6) is -0.625. The van der Waals surface area contributed by atoms with Gasteiger partial charge in [-0.15, -0.1) is 0 Å². The van der Waals surface area contributed by atoms with Crippen molar-refractivity contribution in [3.05, 3.63) is 53.6 Å². The monoisotopic (exact) mass is 411 g/mol. The first-order valence-corrected chi connectivity index (χ1v) is 9.55. The topological polar surface area (TPSA) is 106 Å². The van der Waals surface area contributed by atoms with Crippen LogP contribution in [0.4, 0.5) is 5.69 Å². The van der Waals surface area contributed by atoms with Gasteiger partial charge in [0, 0.05) is 19.6 Å². The van der Waals surface area contributed by atoms with Crippen LogP contribution in [0, 0.1) is 0 Å². The number of para-hydroxylation sites is 1. The summed E-state index contributed by atoms with van der Waals surface area (Å²) in [6.07, 6.45) is 0. The van der Waals surface area contributed by atoms with E-state index in [1.165, 1.54) is 0 Å². The third-order valence-electron chi connectivity index (χ3n) is 4.80. The van der Waals surface area contributed by atoms with E-state index in [4.69, 9.17) is 14.2 Å². The molecule has 1 fully saturated rings. The predicted octanol–water partition coefficient (Wildman–Crippen LogP) is 1.14. The Balaban J connectivity index is 1.37. The first kappa shape index (κ1) is 19.7. The molecule has 2 aliphatic rings. The number of carbonyl (C=O) groups is 3. The van der Waals surface area contributed by atoms with E-state index in [9.17, 15) is 14.4 Å². The van der Waals surface area contributed by atoms with Gasteiger partial charge in [-0.3, -0.25) is 14.4 Å². The summed E-state index contributed by atoms with van der Waals surface area (Å²) < 4.78 is 15.8. The Morgan fingerprint density at radius 2 is 1.70 bits per heavy atom. The van der Waals surface area contributed by atoms with E-state index in [1.54, 1.807) is 47.4 Å². The largest absolute Gasteiger partial charge is 0.454 e. The molecular formula is C21H21N3O6. The molecule has 30 heavy (non-hydrogen) atoms. The number of hydrogen-bond acceptors (Lipinski definition) is 6. The number of carbonyl (C=O) groups excluding carboxylic acids is 3. The second kappa shape index (κ2) is 8.83. The highest BCUT2D eigenvalue weighted by atomic mass is 16.7. The standard InChI is InChI=1S/C21H21N3O6/c25-19(22-12-14-5-6-17-18(11-14)30-13-29-17)20(26)23-16-4-2-1-3-15(16)21(27)24-7-9-28-10-8-24/h1-6,11H,7-10,12-13H2,(H,22,25)(H,23,26). The third kappa shape index (κ3) is 4.36. The number of nitrogens with zero attached hydrogens (tertiary/aromatic N) is 1. The minimum absolute atomic E-state index is 0.150. The van der Waals surface area contributed by atoms with Crippen molar-refractivity contribution in [1.82, 2.24) is 10.2 Å². The van der Waals surface area contributed by atoms with Crippen LogP contribution in [0.2, 0.25) is 0 Å². The van der Waals surface area contributed by atoms with E-state index >= 15 is 0 Å². The minimum atomic E-state index is -0.849. The highest BCUT2D eigenvalue weighted by Gasteiger charge is 2.23. The summed E-state index contributed by atoms with van der Waals surface area (Å²) in [5, 5.41) is 5.10. The summed E-state index contributed by atoms with van der Waals surface area (Å²) >= 11 is 0. The van der Waals surface area contributed by atoms with Gasteiger partial charge in [0.1, 0.15) is 0 Å². The number of amides is 3. The fraction of sp³-hybridized carbons (Fsp3) is 0.286. The van der Waals surface area contributed by atoms with Gasteiger partial charge in [-0.1, -0.05) is 18.2 Å². The average Bonchev–Trinajstić information content (AvgIpc) is 3.26. The average molecular weight is 411 g/mol. The van der Waals surface area contributed by atoms with E-state index in [0.29, 0.717) is 43.4 Å². The highest BCUT2D eigenvalue weighted by molar-refractivity contribution is 6.40. The SMILES string of the molecule is O=C(NCc1ccc2c(c1)OCO2)C(=O)Nc1ccccc1C(=O)N1CCOCC1. The number of morpholine rings is 1. The van der Waals surface area contributed by atoms with Crippen molar-refractivity contribution < 1.29 is 28.6 Å². The molecular weight excluding hydrogens is 390 g/mol. The lowest BCUT2D eigenvalue weighted by molar-refractivity contribution is -0.136. The van der Waals surface area contributed by atoms with Crippen LogP contribution in [0.25, 0.3) is 0 Å². The molecule has 2 N–H and O–H groups in total. The molecule has 0 aromatic heterocycles. The zero-order chi connectivity index (χ0) is 20.9. The van der Waals surface area contributed by atoms with E-state index in [2.05, 4.69) is 10.6 Å². The van der Waals surface area contributed by atoms with Gasteiger partial charge in [-0.05, 0) is 29.8 Å². The number of hydrogen-bond donors (Lipinski definition) is 2. The normalized spacial score (nSPS) is 14.9. The van der Waals surface area contributed by atoms with Crippen molar-refractivity contribution in [3.8, 4) is 11.5 Å². The Kier molecular flexibility index (Phi) is 5.80. The fourth-order valence-electron chi connectivity index (χ4n) is 3.21. The molecule has 0 atom stereocenters.